The van der Waals surface area contributed by atoms with Crippen molar-refractivity contribution in [2.45, 2.75) is 39.2 Å². The highest BCUT2D eigenvalue weighted by molar-refractivity contribution is 7.80. The lowest BCUT2D eigenvalue weighted by Crippen LogP contribution is -2.13. The summed E-state index contributed by atoms with van der Waals surface area (Å²) in [6.45, 7) is 2.46. The molecule has 110 valence electrons. The monoisotopic (exact) mass is 303 g/mol. The first kappa shape index (κ1) is 14.2. The second kappa shape index (κ2) is 5.56. The van der Waals surface area contributed by atoms with Crippen LogP contribution in [0, 0.1) is 12.7 Å². The molecule has 0 saturated carbocycles. The largest absolute Gasteiger partial charge is 0.389 e. The molecular formula is C16H18FN3S. The summed E-state index contributed by atoms with van der Waals surface area (Å²) in [5, 5.41) is 0. The zero-order chi connectivity index (χ0) is 15.0. The molecule has 0 radical (unpaired) electrons. The van der Waals surface area contributed by atoms with Gasteiger partial charge in [-0.3, -0.25) is 0 Å². The average molecular weight is 303 g/mol. The second-order valence-corrected chi connectivity index (χ2v) is 5.96. The van der Waals surface area contributed by atoms with Gasteiger partial charge in [-0.1, -0.05) is 12.2 Å². The molecule has 0 bridgehead atoms. The fourth-order valence-corrected chi connectivity index (χ4v) is 3.09. The van der Waals surface area contributed by atoms with Crippen LogP contribution in [-0.4, -0.2) is 14.5 Å². The molecule has 0 spiro atoms. The van der Waals surface area contributed by atoms with E-state index in [-0.39, 0.29) is 5.82 Å². The lowest BCUT2D eigenvalue weighted by atomic mass is 10.0. The van der Waals surface area contributed by atoms with Crippen LogP contribution in [0.1, 0.15) is 41.2 Å². The standard InChI is InChI=1S/C16H18FN3S/c1-10-19-14-4-2-3-5-15(14)20(10)9-12-8-11(16(18)21)6-7-13(12)17/h6-8H,2-5,9H2,1H3,(H2,18,21). The molecule has 1 heterocycles. The molecular weight excluding hydrogens is 285 g/mol. The van der Waals surface area contributed by atoms with E-state index in [4.69, 9.17) is 18.0 Å². The number of imidazole rings is 1. The summed E-state index contributed by atoms with van der Waals surface area (Å²) in [5.74, 6) is 0.717. The third kappa shape index (κ3) is 2.70. The molecule has 5 heteroatoms. The number of nitrogens with two attached hydrogens (primary N) is 1. The summed E-state index contributed by atoms with van der Waals surface area (Å²) < 4.78 is 16.2. The summed E-state index contributed by atoms with van der Waals surface area (Å²) in [6.07, 6.45) is 4.41. The fourth-order valence-electron chi connectivity index (χ4n) is 2.96. The molecule has 0 fully saturated rings. The van der Waals surface area contributed by atoms with Crippen LogP contribution in [0.25, 0.3) is 0 Å². The lowest BCUT2D eigenvalue weighted by molar-refractivity contribution is 0.582. The molecule has 2 aromatic rings. The minimum atomic E-state index is -0.229. The van der Waals surface area contributed by atoms with Crippen molar-refractivity contribution in [3.05, 3.63) is 52.4 Å². The number of benzene rings is 1. The van der Waals surface area contributed by atoms with E-state index in [1.54, 1.807) is 12.1 Å². The Kier molecular flexibility index (Phi) is 3.76. The van der Waals surface area contributed by atoms with Gasteiger partial charge in [-0.05, 0) is 50.8 Å². The Morgan fingerprint density at radius 2 is 2.14 bits per heavy atom. The first-order valence-electron chi connectivity index (χ1n) is 7.19. The van der Waals surface area contributed by atoms with Crippen molar-refractivity contribution in [3.8, 4) is 0 Å². The normalized spacial score (nSPS) is 14.0. The maximum absolute atomic E-state index is 14.1. The Balaban J connectivity index is 1.99. The van der Waals surface area contributed by atoms with Gasteiger partial charge in [-0.15, -0.1) is 0 Å². The van der Waals surface area contributed by atoms with Gasteiger partial charge in [0.1, 0.15) is 16.6 Å². The zero-order valence-corrected chi connectivity index (χ0v) is 12.8. The predicted octanol–water partition coefficient (Wildman–Crippen LogP) is 2.89. The van der Waals surface area contributed by atoms with Crippen molar-refractivity contribution < 1.29 is 4.39 Å². The highest BCUT2D eigenvalue weighted by atomic mass is 32.1. The van der Waals surface area contributed by atoms with Gasteiger partial charge in [0, 0.05) is 16.8 Å². The maximum Gasteiger partial charge on any atom is 0.128 e. The number of nitrogens with zero attached hydrogens (tertiary/aromatic N) is 2. The molecule has 0 amide bonds. The van der Waals surface area contributed by atoms with Gasteiger partial charge in [0.05, 0.1) is 12.2 Å². The van der Waals surface area contributed by atoms with Crippen molar-refractivity contribution >= 4 is 17.2 Å². The van der Waals surface area contributed by atoms with Gasteiger partial charge in [0.2, 0.25) is 0 Å². The Labute approximate surface area is 129 Å². The number of aromatic nitrogens is 2. The molecule has 21 heavy (non-hydrogen) atoms. The van der Waals surface area contributed by atoms with Crippen LogP contribution in [0.4, 0.5) is 4.39 Å². The van der Waals surface area contributed by atoms with Crippen LogP contribution in [-0.2, 0) is 19.4 Å². The number of fused-ring (bicyclic) bond motifs is 1. The molecule has 1 aromatic carbocycles. The van der Waals surface area contributed by atoms with E-state index < -0.39 is 0 Å². The second-order valence-electron chi connectivity index (χ2n) is 5.52. The Morgan fingerprint density at radius 1 is 1.38 bits per heavy atom. The molecule has 0 atom stereocenters. The van der Waals surface area contributed by atoms with Gasteiger partial charge >= 0.3 is 0 Å². The lowest BCUT2D eigenvalue weighted by Gasteiger charge is -2.15. The van der Waals surface area contributed by atoms with Gasteiger partial charge in [-0.25, -0.2) is 9.37 Å². The van der Waals surface area contributed by atoms with Gasteiger partial charge < -0.3 is 10.3 Å². The maximum atomic E-state index is 14.1. The fraction of sp³-hybridized carbons (Fsp3) is 0.375. The van der Waals surface area contributed by atoms with Gasteiger partial charge in [0.25, 0.3) is 0 Å². The Morgan fingerprint density at radius 3 is 2.90 bits per heavy atom. The molecule has 0 aliphatic heterocycles. The number of halogens is 1. The van der Waals surface area contributed by atoms with E-state index >= 15 is 0 Å². The summed E-state index contributed by atoms with van der Waals surface area (Å²) in [7, 11) is 0. The van der Waals surface area contributed by atoms with Crippen molar-refractivity contribution in [2.75, 3.05) is 0 Å². The number of aryl methyl sites for hydroxylation is 2. The number of rotatable bonds is 3. The van der Waals surface area contributed by atoms with E-state index in [1.165, 1.54) is 30.3 Å². The van der Waals surface area contributed by atoms with Crippen LogP contribution in [0.3, 0.4) is 0 Å². The molecule has 2 N–H and O–H groups in total. The van der Waals surface area contributed by atoms with Crippen molar-refractivity contribution in [1.29, 1.82) is 0 Å². The van der Waals surface area contributed by atoms with Crippen molar-refractivity contribution in [2.24, 2.45) is 5.73 Å². The summed E-state index contributed by atoms with van der Waals surface area (Å²) in [5.41, 5.74) is 9.36. The molecule has 3 nitrogen and oxygen atoms in total. The third-order valence-corrected chi connectivity index (χ3v) is 4.32. The van der Waals surface area contributed by atoms with Crippen LogP contribution in [0.15, 0.2) is 18.2 Å². The van der Waals surface area contributed by atoms with Crippen LogP contribution < -0.4 is 5.73 Å². The number of hydrogen-bond acceptors (Lipinski definition) is 2. The van der Waals surface area contributed by atoms with Gasteiger partial charge in [-0.2, -0.15) is 0 Å². The predicted molar refractivity (Wildman–Crippen MR) is 85.0 cm³/mol. The van der Waals surface area contributed by atoms with Crippen LogP contribution in [0.2, 0.25) is 0 Å². The number of hydrogen-bond donors (Lipinski definition) is 1. The Bertz CT molecular complexity index is 706. The number of thiocarbonyl (C=S) groups is 1. The molecule has 1 aliphatic rings. The van der Waals surface area contributed by atoms with E-state index in [0.717, 1.165) is 18.7 Å². The van der Waals surface area contributed by atoms with E-state index in [2.05, 4.69) is 9.55 Å². The highest BCUT2D eigenvalue weighted by Gasteiger charge is 2.19. The molecule has 1 aliphatic carbocycles. The van der Waals surface area contributed by atoms with E-state index in [0.29, 0.717) is 22.7 Å². The van der Waals surface area contributed by atoms with Gasteiger partial charge in [0.15, 0.2) is 0 Å². The van der Waals surface area contributed by atoms with E-state index in [9.17, 15) is 4.39 Å². The van der Waals surface area contributed by atoms with Crippen molar-refractivity contribution in [3.63, 3.8) is 0 Å². The highest BCUT2D eigenvalue weighted by Crippen LogP contribution is 2.24. The average Bonchev–Trinajstić information content (AvgIpc) is 2.77. The SMILES string of the molecule is Cc1nc2c(n1Cc1cc(C(N)=S)ccc1F)CCCC2. The van der Waals surface area contributed by atoms with Crippen LogP contribution in [0.5, 0.6) is 0 Å². The Hall–Kier alpha value is -1.75. The topological polar surface area (TPSA) is 43.8 Å². The third-order valence-electron chi connectivity index (χ3n) is 4.08. The molecule has 1 aromatic heterocycles. The molecule has 3 rings (SSSR count). The zero-order valence-electron chi connectivity index (χ0n) is 12.0. The summed E-state index contributed by atoms with van der Waals surface area (Å²) in [4.78, 5) is 4.92. The molecule has 0 unspecified atom stereocenters. The van der Waals surface area contributed by atoms with Crippen molar-refractivity contribution in [1.82, 2.24) is 9.55 Å². The summed E-state index contributed by atoms with van der Waals surface area (Å²) >= 11 is 4.97. The summed E-state index contributed by atoms with van der Waals surface area (Å²) in [6, 6.07) is 4.80. The van der Waals surface area contributed by atoms with E-state index in [1.807, 2.05) is 6.92 Å². The van der Waals surface area contributed by atoms with Crippen LogP contribution >= 0.6 is 12.2 Å². The first-order valence-corrected chi connectivity index (χ1v) is 7.60. The molecule has 0 saturated heterocycles. The minimum Gasteiger partial charge on any atom is -0.389 e. The first-order chi connectivity index (χ1) is 10.1. The minimum absolute atomic E-state index is 0.229. The smallest absolute Gasteiger partial charge is 0.128 e. The quantitative estimate of drug-likeness (QED) is 0.887.